The second-order valence-corrected chi connectivity index (χ2v) is 8.18. The van der Waals surface area contributed by atoms with E-state index in [1.807, 2.05) is 0 Å². The van der Waals surface area contributed by atoms with E-state index in [2.05, 4.69) is 20.6 Å². The molecule has 34 heavy (non-hydrogen) atoms. The van der Waals surface area contributed by atoms with Gasteiger partial charge in [0.2, 0.25) is 11.8 Å². The van der Waals surface area contributed by atoms with Gasteiger partial charge in [-0.05, 0) is 0 Å². The second kappa shape index (κ2) is 10.4. The summed E-state index contributed by atoms with van der Waals surface area (Å²) < 4.78 is 10.9. The lowest BCUT2D eigenvalue weighted by molar-refractivity contribution is -0.215. The van der Waals surface area contributed by atoms with Crippen molar-refractivity contribution in [2.24, 2.45) is 21.5 Å². The van der Waals surface area contributed by atoms with Crippen LogP contribution in [-0.2, 0) is 19.1 Å². The highest BCUT2D eigenvalue weighted by Gasteiger charge is 2.51. The van der Waals surface area contributed by atoms with Gasteiger partial charge in [-0.1, -0.05) is 0 Å². The Hall–Kier alpha value is -3.21. The molecule has 16 nitrogen and oxygen atoms in total. The van der Waals surface area contributed by atoms with Crippen molar-refractivity contribution in [3.63, 3.8) is 0 Å². The van der Waals surface area contributed by atoms with Gasteiger partial charge in [0.15, 0.2) is 24.3 Å². The van der Waals surface area contributed by atoms with Crippen LogP contribution in [0.4, 0.5) is 4.79 Å². The fourth-order valence-corrected chi connectivity index (χ4v) is 4.24. The van der Waals surface area contributed by atoms with Crippen LogP contribution in [0.2, 0.25) is 0 Å². The zero-order valence-electron chi connectivity index (χ0n) is 18.6. The van der Waals surface area contributed by atoms with Crippen LogP contribution in [0.25, 0.3) is 0 Å². The molecule has 0 aromatic carbocycles. The van der Waals surface area contributed by atoms with Gasteiger partial charge in [-0.25, -0.2) is 9.79 Å². The van der Waals surface area contributed by atoms with Gasteiger partial charge < -0.3 is 56.7 Å². The van der Waals surface area contributed by atoms with Crippen LogP contribution in [0.15, 0.2) is 9.98 Å². The highest BCUT2D eigenvalue weighted by atomic mass is 16.6. The Kier molecular flexibility index (Phi) is 7.75. The van der Waals surface area contributed by atoms with Gasteiger partial charge in [0, 0.05) is 20.6 Å². The maximum Gasteiger partial charge on any atom is 0.404 e. The molecule has 0 aromatic heterocycles. The van der Waals surface area contributed by atoms with Crippen molar-refractivity contribution in [3.05, 3.63) is 0 Å². The number of nitrogens with zero attached hydrogens (tertiary/aromatic N) is 4. The van der Waals surface area contributed by atoms with Crippen molar-refractivity contribution in [1.82, 2.24) is 20.4 Å². The molecule has 2 saturated heterocycles. The predicted octanol–water partition coefficient (Wildman–Crippen LogP) is -5.54. The number of carbonyl (C=O) groups excluding carboxylic acids is 3. The van der Waals surface area contributed by atoms with Crippen LogP contribution < -0.4 is 22.1 Å². The first kappa shape index (κ1) is 25.4. The largest absolute Gasteiger partial charge is 0.441 e. The molecule has 3 heterocycles. The molecule has 0 radical (unpaired) electrons. The fourth-order valence-electron chi connectivity index (χ4n) is 4.24. The summed E-state index contributed by atoms with van der Waals surface area (Å²) in [7, 11) is 2.92. The lowest BCUT2D eigenvalue weighted by Crippen LogP contribution is -2.70. The van der Waals surface area contributed by atoms with Crippen LogP contribution in [0, 0.1) is 0 Å². The third kappa shape index (κ3) is 4.98. The van der Waals surface area contributed by atoms with Gasteiger partial charge >= 0.3 is 6.09 Å². The molecular formula is C18H30N8O8. The van der Waals surface area contributed by atoms with Crippen LogP contribution in [-0.4, -0.2) is 138 Å². The molecule has 8 atom stereocenters. The van der Waals surface area contributed by atoms with E-state index in [1.54, 1.807) is 7.05 Å². The summed E-state index contributed by atoms with van der Waals surface area (Å²) >= 11 is 0. The SMILES string of the molecule is CN1C[C@H](O)[C@H]2NC(N[C@H]3O[C@H](CO)[C@H](O)[C@@H](OC(N)=O)[C@H]3N(C)C(=O)CN=CN)=N[C@H]2C1=O. The normalized spacial score (nSPS) is 35.4. The molecule has 0 bridgehead atoms. The average Bonchev–Trinajstić information content (AvgIpc) is 3.21. The van der Waals surface area contributed by atoms with Crippen LogP contribution >= 0.6 is 0 Å². The van der Waals surface area contributed by atoms with E-state index in [-0.39, 0.29) is 25.0 Å². The van der Waals surface area contributed by atoms with Gasteiger partial charge in [0.25, 0.3) is 0 Å². The number of aliphatic imine (C=N–C) groups is 2. The maximum absolute atomic E-state index is 12.6. The Morgan fingerprint density at radius 2 is 2.18 bits per heavy atom. The number of guanidine groups is 1. The van der Waals surface area contributed by atoms with Crippen molar-refractivity contribution in [1.29, 1.82) is 0 Å². The lowest BCUT2D eigenvalue weighted by atomic mass is 9.94. The van der Waals surface area contributed by atoms with E-state index < -0.39 is 67.4 Å². The van der Waals surface area contributed by atoms with Crippen LogP contribution in [0.3, 0.4) is 0 Å². The molecule has 3 aliphatic heterocycles. The molecule has 9 N–H and O–H groups in total. The van der Waals surface area contributed by atoms with Gasteiger partial charge in [0.1, 0.15) is 24.8 Å². The molecule has 0 spiro atoms. The Morgan fingerprint density at radius 3 is 2.79 bits per heavy atom. The summed E-state index contributed by atoms with van der Waals surface area (Å²) in [6, 6.07) is -2.75. The monoisotopic (exact) mass is 486 g/mol. The number of primary amides is 1. The number of rotatable bonds is 6. The van der Waals surface area contributed by atoms with E-state index in [1.165, 1.54) is 11.9 Å². The van der Waals surface area contributed by atoms with Crippen molar-refractivity contribution in [2.75, 3.05) is 33.8 Å². The Morgan fingerprint density at radius 1 is 1.47 bits per heavy atom. The minimum Gasteiger partial charge on any atom is -0.441 e. The zero-order chi connectivity index (χ0) is 25.2. The molecule has 0 saturated carbocycles. The van der Waals surface area contributed by atoms with Crippen LogP contribution in [0.5, 0.6) is 0 Å². The van der Waals surface area contributed by atoms with Crippen molar-refractivity contribution >= 4 is 30.2 Å². The van der Waals surface area contributed by atoms with E-state index in [0.29, 0.717) is 0 Å². The van der Waals surface area contributed by atoms with Gasteiger partial charge in [-0.2, -0.15) is 0 Å². The number of likely N-dealkylation sites (tertiary alicyclic amines) is 1. The first-order valence-electron chi connectivity index (χ1n) is 10.5. The van der Waals surface area contributed by atoms with Gasteiger partial charge in [0.05, 0.1) is 25.1 Å². The number of amides is 3. The Balaban J connectivity index is 1.90. The van der Waals surface area contributed by atoms with Gasteiger partial charge in [-0.3, -0.25) is 14.6 Å². The number of β-amino-alcohol motifs (C(OH)–C–C–N with tert-alkyl or cyclic N) is 1. The number of fused-ring (bicyclic) bond motifs is 1. The summed E-state index contributed by atoms with van der Waals surface area (Å²) in [5.41, 5.74) is 10.4. The van der Waals surface area contributed by atoms with E-state index >= 15 is 0 Å². The van der Waals surface area contributed by atoms with E-state index in [4.69, 9.17) is 20.9 Å². The smallest absolute Gasteiger partial charge is 0.404 e. The molecule has 2 fully saturated rings. The van der Waals surface area contributed by atoms with Crippen LogP contribution in [0.1, 0.15) is 0 Å². The molecule has 3 amide bonds. The first-order chi connectivity index (χ1) is 16.1. The number of piperidine rings is 1. The fraction of sp³-hybridized carbons (Fsp3) is 0.722. The number of aliphatic hydroxyl groups excluding tert-OH is 3. The van der Waals surface area contributed by atoms with E-state index in [0.717, 1.165) is 11.2 Å². The quantitative estimate of drug-likeness (QED) is 0.138. The second-order valence-electron chi connectivity index (χ2n) is 8.18. The number of aliphatic hydroxyl groups is 3. The number of likely N-dealkylation sites (N-methyl/N-ethyl adjacent to an activating group) is 2. The number of nitrogens with one attached hydrogen (secondary N) is 2. The molecule has 16 heteroatoms. The third-order valence-electron chi connectivity index (χ3n) is 5.99. The molecule has 0 aliphatic carbocycles. The molecule has 0 aromatic rings. The molecular weight excluding hydrogens is 456 g/mol. The Bertz CT molecular complexity index is 856. The van der Waals surface area contributed by atoms with Gasteiger partial charge in [-0.15, -0.1) is 0 Å². The molecule has 3 aliphatic rings. The number of nitrogens with two attached hydrogens (primary N) is 2. The topological polar surface area (TPSA) is 238 Å². The predicted molar refractivity (Wildman–Crippen MR) is 115 cm³/mol. The number of hydrogen-bond donors (Lipinski definition) is 7. The number of carbonyl (C=O) groups is 3. The highest BCUT2D eigenvalue weighted by molar-refractivity contribution is 5.92. The highest BCUT2D eigenvalue weighted by Crippen LogP contribution is 2.27. The Labute approximate surface area is 194 Å². The van der Waals surface area contributed by atoms with E-state index in [9.17, 15) is 29.7 Å². The summed E-state index contributed by atoms with van der Waals surface area (Å²) in [6.45, 7) is -0.868. The third-order valence-corrected chi connectivity index (χ3v) is 5.99. The maximum atomic E-state index is 12.6. The number of hydrogen-bond acceptors (Lipinski definition) is 12. The standard InChI is InChI=1S/C18H30N8O8/c1-25-4-7(28)10-11(16(25)31)23-18(22-10)24-15-12(26(2)9(29)3-21-6-19)14(34-17(20)32)13(30)8(5-27)33-15/h6-8,10-15,27-28,30H,3-5H2,1-2H3,(H2,19,21)(H2,20,32)(H2,22,23,24)/t7-,8+,10+,11+,12+,13-,14-,15-/m0/s1. The first-order valence-corrected chi connectivity index (χ1v) is 10.5. The minimum atomic E-state index is -1.54. The number of ether oxygens (including phenoxy) is 2. The van der Waals surface area contributed by atoms with Crippen molar-refractivity contribution in [3.8, 4) is 0 Å². The lowest BCUT2D eigenvalue weighted by Gasteiger charge is -2.47. The molecule has 0 unspecified atom stereocenters. The summed E-state index contributed by atoms with van der Waals surface area (Å²) in [5, 5.41) is 36.5. The molecule has 190 valence electrons. The van der Waals surface area contributed by atoms with Crippen molar-refractivity contribution < 1.29 is 39.2 Å². The summed E-state index contributed by atoms with van der Waals surface area (Å²) in [4.78, 5) is 47.1. The minimum absolute atomic E-state index is 0.0689. The summed E-state index contributed by atoms with van der Waals surface area (Å²) in [5.74, 6) is -0.789. The van der Waals surface area contributed by atoms with Crippen molar-refractivity contribution in [2.45, 2.75) is 48.8 Å². The zero-order valence-corrected chi connectivity index (χ0v) is 18.6. The average molecular weight is 486 g/mol. The summed E-state index contributed by atoms with van der Waals surface area (Å²) in [6.07, 6.45) is -6.51. The molecule has 3 rings (SSSR count).